The van der Waals surface area contributed by atoms with Crippen LogP contribution in [0.25, 0.3) is 0 Å². The van der Waals surface area contributed by atoms with E-state index < -0.39 is 11.8 Å². The molecule has 4 nitrogen and oxygen atoms in total. The van der Waals surface area contributed by atoms with Crippen LogP contribution in [0.3, 0.4) is 0 Å². The zero-order valence-corrected chi connectivity index (χ0v) is 14.5. The van der Waals surface area contributed by atoms with Gasteiger partial charge in [-0.3, -0.25) is 0 Å². The van der Waals surface area contributed by atoms with Gasteiger partial charge in [-0.1, -0.05) is 17.7 Å². The summed E-state index contributed by atoms with van der Waals surface area (Å²) in [6, 6.07) is 7.79. The molecule has 128 valence electrons. The molecule has 3 rings (SSSR count). The Hall–Kier alpha value is -1.57. The van der Waals surface area contributed by atoms with Crippen LogP contribution in [0.5, 0.6) is 0 Å². The van der Waals surface area contributed by atoms with Crippen LogP contribution < -0.4 is 9.62 Å². The number of benzene rings is 1. The molecule has 1 aromatic carbocycles. The summed E-state index contributed by atoms with van der Waals surface area (Å²) in [5.41, 5.74) is 0.655. The first-order valence-electron chi connectivity index (χ1n) is 7.39. The van der Waals surface area contributed by atoms with E-state index in [9.17, 15) is 8.78 Å². The molecule has 1 atom stereocenters. The smallest absolute Gasteiger partial charge is 0.214 e. The SMILES string of the molecule is COC1CCN(c2ccc(SNc3cccc(F)n3)c(F)c2Cl)C1. The zero-order chi connectivity index (χ0) is 17.1. The molecule has 0 saturated carbocycles. The number of nitrogens with one attached hydrogen (secondary N) is 1. The van der Waals surface area contributed by atoms with E-state index in [-0.39, 0.29) is 11.1 Å². The minimum absolute atomic E-state index is 0.0748. The number of halogens is 3. The van der Waals surface area contributed by atoms with E-state index in [1.165, 1.54) is 12.1 Å². The number of nitrogens with zero attached hydrogens (tertiary/aromatic N) is 2. The summed E-state index contributed by atoms with van der Waals surface area (Å²) in [7, 11) is 1.67. The minimum atomic E-state index is -0.601. The normalized spacial score (nSPS) is 17.3. The van der Waals surface area contributed by atoms with Gasteiger partial charge in [-0.05, 0) is 42.6 Å². The first-order chi connectivity index (χ1) is 11.6. The van der Waals surface area contributed by atoms with E-state index in [0.717, 1.165) is 24.9 Å². The van der Waals surface area contributed by atoms with Gasteiger partial charge in [0.25, 0.3) is 0 Å². The van der Waals surface area contributed by atoms with E-state index >= 15 is 0 Å². The van der Waals surface area contributed by atoms with Crippen molar-refractivity contribution in [1.29, 1.82) is 0 Å². The summed E-state index contributed by atoms with van der Waals surface area (Å²) in [4.78, 5) is 5.99. The average Bonchev–Trinajstić information content (AvgIpc) is 3.05. The third-order valence-electron chi connectivity index (χ3n) is 3.83. The molecule has 1 N–H and O–H groups in total. The first-order valence-corrected chi connectivity index (χ1v) is 8.59. The summed E-state index contributed by atoms with van der Waals surface area (Å²) in [5.74, 6) is -0.804. The monoisotopic (exact) mass is 371 g/mol. The summed E-state index contributed by atoms with van der Waals surface area (Å²) < 4.78 is 35.7. The second-order valence-electron chi connectivity index (χ2n) is 5.35. The fourth-order valence-corrected chi connectivity index (χ4v) is 3.55. The van der Waals surface area contributed by atoms with E-state index in [1.54, 1.807) is 25.3 Å². The highest BCUT2D eigenvalue weighted by Gasteiger charge is 2.25. The molecule has 2 aromatic rings. The van der Waals surface area contributed by atoms with Gasteiger partial charge in [0.05, 0.1) is 16.7 Å². The largest absolute Gasteiger partial charge is 0.380 e. The van der Waals surface area contributed by atoms with Gasteiger partial charge in [0.15, 0.2) is 5.82 Å². The number of rotatable bonds is 5. The van der Waals surface area contributed by atoms with Crippen LogP contribution in [0.1, 0.15) is 6.42 Å². The van der Waals surface area contributed by atoms with Gasteiger partial charge >= 0.3 is 0 Å². The number of hydrogen-bond donors (Lipinski definition) is 1. The molecule has 1 aliphatic rings. The highest BCUT2D eigenvalue weighted by Crippen LogP contribution is 2.36. The maximum absolute atomic E-state index is 14.5. The second kappa shape index (κ2) is 7.55. The Labute approximate surface area is 148 Å². The Morgan fingerprint density at radius 1 is 1.33 bits per heavy atom. The van der Waals surface area contributed by atoms with Crippen molar-refractivity contribution >= 4 is 35.1 Å². The topological polar surface area (TPSA) is 37.4 Å². The van der Waals surface area contributed by atoms with Crippen LogP contribution in [0.15, 0.2) is 35.2 Å². The van der Waals surface area contributed by atoms with Gasteiger partial charge < -0.3 is 14.4 Å². The quantitative estimate of drug-likeness (QED) is 0.624. The Bertz CT molecular complexity index is 734. The first kappa shape index (κ1) is 17.3. The highest BCUT2D eigenvalue weighted by atomic mass is 35.5. The van der Waals surface area contributed by atoms with Crippen LogP contribution in [0.4, 0.5) is 20.3 Å². The lowest BCUT2D eigenvalue weighted by atomic mass is 10.3. The fraction of sp³-hybridized carbons (Fsp3) is 0.312. The van der Waals surface area contributed by atoms with Crippen molar-refractivity contribution in [1.82, 2.24) is 4.98 Å². The lowest BCUT2D eigenvalue weighted by Gasteiger charge is -2.20. The van der Waals surface area contributed by atoms with E-state index in [4.69, 9.17) is 16.3 Å². The molecule has 1 saturated heterocycles. The lowest BCUT2D eigenvalue weighted by Crippen LogP contribution is -2.22. The molecule has 1 aromatic heterocycles. The third-order valence-corrected chi connectivity index (χ3v) is 5.03. The second-order valence-corrected chi connectivity index (χ2v) is 6.58. The van der Waals surface area contributed by atoms with Crippen molar-refractivity contribution in [2.45, 2.75) is 17.4 Å². The van der Waals surface area contributed by atoms with Crippen LogP contribution >= 0.6 is 23.5 Å². The molecule has 2 heterocycles. The van der Waals surface area contributed by atoms with Gasteiger partial charge in [0.1, 0.15) is 10.8 Å². The average molecular weight is 372 g/mol. The summed E-state index contributed by atoms with van der Waals surface area (Å²) in [5, 5.41) is 0.0748. The number of anilines is 2. The number of methoxy groups -OCH3 is 1. The van der Waals surface area contributed by atoms with Crippen molar-refractivity contribution in [3.05, 3.63) is 47.1 Å². The Balaban J connectivity index is 1.73. The molecule has 0 radical (unpaired) electrons. The molecule has 0 spiro atoms. The highest BCUT2D eigenvalue weighted by molar-refractivity contribution is 8.00. The van der Waals surface area contributed by atoms with E-state index in [1.807, 2.05) is 4.90 Å². The van der Waals surface area contributed by atoms with Gasteiger partial charge in [0.2, 0.25) is 5.95 Å². The Kier molecular flexibility index (Phi) is 5.43. The minimum Gasteiger partial charge on any atom is -0.380 e. The molecule has 0 amide bonds. The molecule has 1 aliphatic heterocycles. The summed E-state index contributed by atoms with van der Waals surface area (Å²) in [6.07, 6.45) is 1.02. The number of aromatic nitrogens is 1. The predicted molar refractivity (Wildman–Crippen MR) is 92.7 cm³/mol. The lowest BCUT2D eigenvalue weighted by molar-refractivity contribution is 0.121. The fourth-order valence-electron chi connectivity index (χ4n) is 2.56. The van der Waals surface area contributed by atoms with E-state index in [0.29, 0.717) is 22.9 Å². The van der Waals surface area contributed by atoms with E-state index in [2.05, 4.69) is 9.71 Å². The number of pyridine rings is 1. The van der Waals surface area contributed by atoms with Gasteiger partial charge in [-0.25, -0.2) is 9.37 Å². The summed E-state index contributed by atoms with van der Waals surface area (Å²) >= 11 is 7.20. The van der Waals surface area contributed by atoms with Crippen molar-refractivity contribution in [3.63, 3.8) is 0 Å². The predicted octanol–water partition coefficient (Wildman–Crippen LogP) is 4.36. The number of hydrogen-bond acceptors (Lipinski definition) is 5. The molecule has 0 bridgehead atoms. The van der Waals surface area contributed by atoms with Gasteiger partial charge in [-0.15, -0.1) is 0 Å². The van der Waals surface area contributed by atoms with Crippen molar-refractivity contribution < 1.29 is 13.5 Å². The summed E-state index contributed by atoms with van der Waals surface area (Å²) in [6.45, 7) is 1.46. The zero-order valence-electron chi connectivity index (χ0n) is 12.9. The Morgan fingerprint density at radius 3 is 2.88 bits per heavy atom. The number of ether oxygens (including phenoxy) is 1. The molecule has 8 heteroatoms. The van der Waals surface area contributed by atoms with Crippen LogP contribution in [0, 0.1) is 11.8 Å². The molecule has 1 fully saturated rings. The molecular weight excluding hydrogens is 356 g/mol. The van der Waals surface area contributed by atoms with Crippen molar-refractivity contribution in [2.75, 3.05) is 29.8 Å². The van der Waals surface area contributed by atoms with Crippen molar-refractivity contribution in [2.24, 2.45) is 0 Å². The van der Waals surface area contributed by atoms with Crippen LogP contribution in [-0.2, 0) is 4.74 Å². The maximum Gasteiger partial charge on any atom is 0.214 e. The third kappa shape index (κ3) is 3.74. The molecule has 1 unspecified atom stereocenters. The van der Waals surface area contributed by atoms with Crippen molar-refractivity contribution in [3.8, 4) is 0 Å². The maximum atomic E-state index is 14.5. The van der Waals surface area contributed by atoms with Gasteiger partial charge in [0, 0.05) is 20.2 Å². The van der Waals surface area contributed by atoms with Crippen LogP contribution in [0.2, 0.25) is 5.02 Å². The molecule has 0 aliphatic carbocycles. The molecule has 24 heavy (non-hydrogen) atoms. The Morgan fingerprint density at radius 2 is 2.17 bits per heavy atom. The van der Waals surface area contributed by atoms with Crippen LogP contribution in [-0.4, -0.2) is 31.3 Å². The standard InChI is InChI=1S/C16H16ClF2N3OS/c1-23-10-7-8-22(9-10)11-5-6-12(16(19)15(11)17)24-21-14-4-2-3-13(18)20-14/h2-6,10H,7-9H2,1H3,(H,20,21). The molecular formula is C16H16ClF2N3OS. The van der Waals surface area contributed by atoms with Gasteiger partial charge in [-0.2, -0.15) is 4.39 Å².